The number of nitrogens with zero attached hydrogens (tertiary/aromatic N) is 3. The Kier molecular flexibility index (Phi) is 8.29. The standard InChI is InChI=1S/C27H30N4OS.BrH/c1-29-24-11-5-6-12-25(24)33-27(29)19-21-13-17-31(23-10-4-3-9-22(21)23)20-26(32)28-14-18-30-15-7-2-8-16-30;/h3-6,9-13,17,19H,2,7-8,14-16,18,20H2,1H3;1H. The number of hydrogen-bond acceptors (Lipinski definition) is 4. The fourth-order valence-corrected chi connectivity index (χ4v) is 5.80. The van der Waals surface area contributed by atoms with E-state index in [4.69, 9.17) is 0 Å². The van der Waals surface area contributed by atoms with Gasteiger partial charge in [0.25, 0.3) is 5.91 Å². The Hall–Kier alpha value is -2.35. The maximum atomic E-state index is 12.7. The summed E-state index contributed by atoms with van der Waals surface area (Å²) in [6, 6.07) is 18.9. The largest absolute Gasteiger partial charge is 1.00 e. The van der Waals surface area contributed by atoms with E-state index in [1.54, 1.807) is 11.8 Å². The highest BCUT2D eigenvalue weighted by atomic mass is 79.9. The zero-order valence-corrected chi connectivity index (χ0v) is 21.9. The summed E-state index contributed by atoms with van der Waals surface area (Å²) in [4.78, 5) is 18.6. The van der Waals surface area contributed by atoms with Crippen LogP contribution in [0, 0.1) is 0 Å². The smallest absolute Gasteiger partial charge is 0.286 e. The van der Waals surface area contributed by atoms with Gasteiger partial charge in [-0.25, -0.2) is 0 Å². The van der Waals surface area contributed by atoms with E-state index < -0.39 is 0 Å². The van der Waals surface area contributed by atoms with E-state index in [1.807, 2.05) is 16.8 Å². The van der Waals surface area contributed by atoms with E-state index in [0.717, 1.165) is 36.1 Å². The van der Waals surface area contributed by atoms with Gasteiger partial charge in [0.05, 0.1) is 16.1 Å². The number of aromatic nitrogens is 1. The summed E-state index contributed by atoms with van der Waals surface area (Å²) in [5.74, 6) is 0.0646. The Morgan fingerprint density at radius 3 is 2.65 bits per heavy atom. The van der Waals surface area contributed by atoms with Crippen LogP contribution in [-0.2, 0) is 11.3 Å². The number of pyridine rings is 1. The number of piperidine rings is 1. The lowest BCUT2D eigenvalue weighted by Gasteiger charge is -2.26. The number of thioether (sulfide) groups is 1. The number of nitrogens with one attached hydrogen (secondary N) is 1. The number of likely N-dealkylation sites (tertiary alicyclic amines) is 1. The number of halogens is 1. The molecule has 5 rings (SSSR count). The molecule has 0 aliphatic carbocycles. The Morgan fingerprint density at radius 1 is 1.06 bits per heavy atom. The van der Waals surface area contributed by atoms with Crippen molar-refractivity contribution in [2.24, 2.45) is 0 Å². The lowest BCUT2D eigenvalue weighted by molar-refractivity contribution is -0.658. The van der Waals surface area contributed by atoms with Gasteiger partial charge in [0.2, 0.25) is 12.1 Å². The number of benzene rings is 2. The summed E-state index contributed by atoms with van der Waals surface area (Å²) in [5.41, 5.74) is 3.47. The van der Waals surface area contributed by atoms with Crippen LogP contribution in [0.25, 0.3) is 17.0 Å². The predicted octanol–water partition coefficient (Wildman–Crippen LogP) is 1.27. The molecule has 2 aliphatic rings. The molecule has 0 bridgehead atoms. The van der Waals surface area contributed by atoms with Crippen LogP contribution in [0.5, 0.6) is 0 Å². The summed E-state index contributed by atoms with van der Waals surface area (Å²) in [7, 11) is 2.12. The first kappa shape index (κ1) is 24.8. The van der Waals surface area contributed by atoms with E-state index in [1.165, 1.54) is 34.9 Å². The fourth-order valence-electron chi connectivity index (χ4n) is 4.70. The first-order valence-electron chi connectivity index (χ1n) is 11.8. The van der Waals surface area contributed by atoms with Gasteiger partial charge in [-0.05, 0) is 55.8 Å². The van der Waals surface area contributed by atoms with Crippen LogP contribution in [0.15, 0.2) is 70.7 Å². The average Bonchev–Trinajstić information content (AvgIpc) is 3.16. The van der Waals surface area contributed by atoms with Gasteiger partial charge in [0, 0.05) is 37.2 Å². The van der Waals surface area contributed by atoms with Crippen LogP contribution < -0.4 is 31.8 Å². The summed E-state index contributed by atoms with van der Waals surface area (Å²) in [6.45, 7) is 4.30. The maximum Gasteiger partial charge on any atom is 0.286 e. The van der Waals surface area contributed by atoms with Crippen molar-refractivity contribution >= 4 is 40.3 Å². The molecule has 7 heteroatoms. The molecule has 0 radical (unpaired) electrons. The number of rotatable bonds is 6. The van der Waals surface area contributed by atoms with Crippen LogP contribution in [0.1, 0.15) is 24.8 Å². The SMILES string of the molecule is CN1C(=Cc2cc[n+](CC(=O)NCCN3CCCCC3)c3ccccc23)Sc2ccccc21.[Br-]. The molecule has 1 amide bonds. The number of para-hydroxylation sites is 2. The van der Waals surface area contributed by atoms with Gasteiger partial charge in [0.15, 0.2) is 6.20 Å². The van der Waals surface area contributed by atoms with Gasteiger partial charge in [-0.2, -0.15) is 4.57 Å². The number of amides is 1. The maximum absolute atomic E-state index is 12.7. The first-order valence-corrected chi connectivity index (χ1v) is 12.6. The molecule has 34 heavy (non-hydrogen) atoms. The molecule has 3 aromatic rings. The van der Waals surface area contributed by atoms with Crippen LogP contribution >= 0.6 is 11.8 Å². The van der Waals surface area contributed by atoms with E-state index in [-0.39, 0.29) is 22.9 Å². The fraction of sp³-hybridized carbons (Fsp3) is 0.333. The van der Waals surface area contributed by atoms with Crippen LogP contribution in [0.2, 0.25) is 0 Å². The van der Waals surface area contributed by atoms with E-state index in [0.29, 0.717) is 13.1 Å². The van der Waals surface area contributed by atoms with Crippen molar-refractivity contribution in [2.45, 2.75) is 30.7 Å². The molecule has 2 aliphatic heterocycles. The number of hydrogen-bond donors (Lipinski definition) is 1. The highest BCUT2D eigenvalue weighted by Crippen LogP contribution is 2.45. The van der Waals surface area contributed by atoms with Gasteiger partial charge >= 0.3 is 0 Å². The highest BCUT2D eigenvalue weighted by Gasteiger charge is 2.22. The third-order valence-electron chi connectivity index (χ3n) is 6.52. The average molecular weight is 540 g/mol. The van der Waals surface area contributed by atoms with Crippen molar-refractivity contribution in [3.8, 4) is 0 Å². The minimum absolute atomic E-state index is 0. The number of carbonyl (C=O) groups excluding carboxylic acids is 1. The molecular weight excluding hydrogens is 508 g/mol. The summed E-state index contributed by atoms with van der Waals surface area (Å²) in [5, 5.41) is 5.46. The third kappa shape index (κ3) is 5.48. The predicted molar refractivity (Wildman–Crippen MR) is 136 cm³/mol. The third-order valence-corrected chi connectivity index (χ3v) is 7.69. The van der Waals surface area contributed by atoms with Crippen molar-refractivity contribution in [2.75, 3.05) is 38.1 Å². The monoisotopic (exact) mass is 538 g/mol. The number of carbonyl (C=O) groups is 1. The van der Waals surface area contributed by atoms with Gasteiger partial charge in [-0.1, -0.05) is 42.4 Å². The zero-order valence-electron chi connectivity index (χ0n) is 19.5. The van der Waals surface area contributed by atoms with Crippen molar-refractivity contribution in [3.63, 3.8) is 0 Å². The minimum Gasteiger partial charge on any atom is -1.00 e. The highest BCUT2D eigenvalue weighted by molar-refractivity contribution is 8.03. The normalized spacial score (nSPS) is 17.0. The molecule has 0 saturated carbocycles. The van der Waals surface area contributed by atoms with E-state index in [2.05, 4.69) is 76.8 Å². The Morgan fingerprint density at radius 2 is 1.82 bits per heavy atom. The molecule has 1 N–H and O–H groups in total. The Labute approximate surface area is 216 Å². The topological polar surface area (TPSA) is 39.5 Å². The second-order valence-corrected chi connectivity index (χ2v) is 9.84. The summed E-state index contributed by atoms with van der Waals surface area (Å²) in [6.07, 6.45) is 8.17. The lowest BCUT2D eigenvalue weighted by Crippen LogP contribution is -3.00. The van der Waals surface area contributed by atoms with Crippen molar-refractivity contribution in [1.82, 2.24) is 10.2 Å². The number of fused-ring (bicyclic) bond motifs is 2. The molecule has 2 aromatic carbocycles. The number of anilines is 1. The molecule has 3 heterocycles. The second-order valence-electron chi connectivity index (χ2n) is 8.78. The van der Waals surface area contributed by atoms with Crippen molar-refractivity contribution in [3.05, 3.63) is 71.4 Å². The van der Waals surface area contributed by atoms with E-state index >= 15 is 0 Å². The van der Waals surface area contributed by atoms with Crippen LogP contribution in [-0.4, -0.2) is 44.0 Å². The molecule has 0 atom stereocenters. The molecule has 0 unspecified atom stereocenters. The Balaban J connectivity index is 0.00000274. The summed E-state index contributed by atoms with van der Waals surface area (Å²) >= 11 is 1.80. The van der Waals surface area contributed by atoms with Crippen molar-refractivity contribution in [1.29, 1.82) is 0 Å². The molecule has 178 valence electrons. The first-order chi connectivity index (χ1) is 16.2. The Bertz CT molecular complexity index is 1190. The van der Waals surface area contributed by atoms with Gasteiger partial charge < -0.3 is 32.1 Å². The van der Waals surface area contributed by atoms with Crippen LogP contribution in [0.4, 0.5) is 5.69 Å². The van der Waals surface area contributed by atoms with Crippen molar-refractivity contribution < 1.29 is 26.3 Å². The lowest BCUT2D eigenvalue weighted by atomic mass is 10.1. The minimum atomic E-state index is 0. The molecular formula is C27H31BrN4OS. The second kappa shape index (κ2) is 11.4. The van der Waals surface area contributed by atoms with Crippen LogP contribution in [0.3, 0.4) is 0 Å². The molecule has 0 spiro atoms. The molecule has 5 nitrogen and oxygen atoms in total. The van der Waals surface area contributed by atoms with Gasteiger partial charge in [-0.3, -0.25) is 4.79 Å². The summed E-state index contributed by atoms with van der Waals surface area (Å²) < 4.78 is 2.05. The quantitative estimate of drug-likeness (QED) is 0.480. The van der Waals surface area contributed by atoms with E-state index in [9.17, 15) is 4.79 Å². The van der Waals surface area contributed by atoms with Gasteiger partial charge in [0.1, 0.15) is 0 Å². The molecule has 1 saturated heterocycles. The zero-order chi connectivity index (χ0) is 22.6. The van der Waals surface area contributed by atoms with Gasteiger partial charge in [-0.15, -0.1) is 0 Å². The molecule has 1 aromatic heterocycles. The molecule has 1 fully saturated rings.